The van der Waals surface area contributed by atoms with Crippen LogP contribution < -0.4 is 10.2 Å². The van der Waals surface area contributed by atoms with Crippen LogP contribution >= 0.6 is 11.3 Å². The first-order valence-electron chi connectivity index (χ1n) is 6.12. The van der Waals surface area contributed by atoms with E-state index in [1.54, 1.807) is 18.4 Å². The number of methoxy groups -OCH3 is 1. The van der Waals surface area contributed by atoms with Crippen molar-refractivity contribution in [3.63, 3.8) is 0 Å². The normalized spacial score (nSPS) is 11.4. The van der Waals surface area contributed by atoms with Gasteiger partial charge >= 0.3 is 0 Å². The molecule has 2 rings (SSSR count). The molecule has 0 aliphatic carbocycles. The number of anilines is 1. The van der Waals surface area contributed by atoms with Crippen LogP contribution in [0.1, 0.15) is 20.3 Å². The standard InChI is InChI=1S/C14H17N3OS/c1-4-10(2)16-17-14-15-13(9-19-14)11-5-7-12(18-3)8-6-11/h5-9H,4H2,1-3H3,(H,15,17)/b16-10-. The molecule has 0 aliphatic rings. The summed E-state index contributed by atoms with van der Waals surface area (Å²) in [6.07, 6.45) is 0.934. The molecule has 0 bridgehead atoms. The Morgan fingerprint density at radius 2 is 2.11 bits per heavy atom. The van der Waals surface area contributed by atoms with Crippen molar-refractivity contribution in [2.45, 2.75) is 20.3 Å². The van der Waals surface area contributed by atoms with E-state index in [1.165, 1.54) is 0 Å². The minimum Gasteiger partial charge on any atom is -0.497 e. The maximum Gasteiger partial charge on any atom is 0.203 e. The zero-order chi connectivity index (χ0) is 13.7. The highest BCUT2D eigenvalue weighted by Crippen LogP contribution is 2.26. The Balaban J connectivity index is 2.11. The minimum atomic E-state index is 0.804. The second kappa shape index (κ2) is 6.33. The monoisotopic (exact) mass is 275 g/mol. The van der Waals surface area contributed by atoms with Crippen molar-refractivity contribution in [3.8, 4) is 17.0 Å². The first-order chi connectivity index (χ1) is 9.22. The zero-order valence-electron chi connectivity index (χ0n) is 11.3. The van der Waals surface area contributed by atoms with Crippen LogP contribution in [-0.4, -0.2) is 17.8 Å². The number of hydrazone groups is 1. The number of hydrogen-bond donors (Lipinski definition) is 1. The van der Waals surface area contributed by atoms with Crippen LogP contribution in [-0.2, 0) is 0 Å². The molecule has 1 aromatic carbocycles. The van der Waals surface area contributed by atoms with Gasteiger partial charge in [-0.2, -0.15) is 5.10 Å². The van der Waals surface area contributed by atoms with E-state index in [9.17, 15) is 0 Å². The van der Waals surface area contributed by atoms with Crippen molar-refractivity contribution in [2.75, 3.05) is 12.5 Å². The SMILES string of the molecule is CC/C(C)=N\Nc1nc(-c2ccc(OC)cc2)cs1. The van der Waals surface area contributed by atoms with Crippen LogP contribution in [0.15, 0.2) is 34.7 Å². The zero-order valence-corrected chi connectivity index (χ0v) is 12.1. The van der Waals surface area contributed by atoms with Crippen LogP contribution in [0.2, 0.25) is 0 Å². The molecule has 100 valence electrons. The molecule has 19 heavy (non-hydrogen) atoms. The fourth-order valence-electron chi connectivity index (χ4n) is 1.44. The van der Waals surface area contributed by atoms with Crippen molar-refractivity contribution in [3.05, 3.63) is 29.6 Å². The average molecular weight is 275 g/mol. The lowest BCUT2D eigenvalue weighted by Crippen LogP contribution is -1.95. The van der Waals surface area contributed by atoms with Gasteiger partial charge in [0.05, 0.1) is 12.8 Å². The van der Waals surface area contributed by atoms with Crippen molar-refractivity contribution < 1.29 is 4.74 Å². The molecule has 2 aromatic rings. The predicted molar refractivity (Wildman–Crippen MR) is 81.1 cm³/mol. The van der Waals surface area contributed by atoms with Gasteiger partial charge in [-0.25, -0.2) is 4.98 Å². The number of nitrogens with zero attached hydrogens (tertiary/aromatic N) is 2. The molecule has 0 radical (unpaired) electrons. The Hall–Kier alpha value is -1.88. The summed E-state index contributed by atoms with van der Waals surface area (Å²) < 4.78 is 5.14. The van der Waals surface area contributed by atoms with Crippen LogP contribution in [0.25, 0.3) is 11.3 Å². The Morgan fingerprint density at radius 1 is 1.37 bits per heavy atom. The highest BCUT2D eigenvalue weighted by molar-refractivity contribution is 7.14. The highest BCUT2D eigenvalue weighted by atomic mass is 32.1. The van der Waals surface area contributed by atoms with Gasteiger partial charge in [-0.15, -0.1) is 11.3 Å². The number of ether oxygens (including phenoxy) is 1. The van der Waals surface area contributed by atoms with Gasteiger partial charge in [-0.3, -0.25) is 5.43 Å². The lowest BCUT2D eigenvalue weighted by molar-refractivity contribution is 0.415. The molecule has 0 saturated heterocycles. The van der Waals surface area contributed by atoms with Gasteiger partial charge in [0.25, 0.3) is 0 Å². The Kier molecular flexibility index (Phi) is 4.52. The number of rotatable bonds is 5. The van der Waals surface area contributed by atoms with Gasteiger partial charge in [0, 0.05) is 16.7 Å². The summed E-state index contributed by atoms with van der Waals surface area (Å²) in [5.74, 6) is 0.848. The molecular weight excluding hydrogens is 258 g/mol. The van der Waals surface area contributed by atoms with E-state index < -0.39 is 0 Å². The largest absolute Gasteiger partial charge is 0.497 e. The highest BCUT2D eigenvalue weighted by Gasteiger charge is 2.04. The molecule has 0 atom stereocenters. The van der Waals surface area contributed by atoms with Crippen molar-refractivity contribution >= 4 is 22.2 Å². The molecule has 1 N–H and O–H groups in total. The van der Waals surface area contributed by atoms with Crippen LogP contribution in [0.4, 0.5) is 5.13 Å². The van der Waals surface area contributed by atoms with E-state index >= 15 is 0 Å². The van der Waals surface area contributed by atoms with Crippen LogP contribution in [0.3, 0.4) is 0 Å². The first kappa shape index (κ1) is 13.5. The van der Waals surface area contributed by atoms with E-state index in [2.05, 4.69) is 22.4 Å². The van der Waals surface area contributed by atoms with Gasteiger partial charge in [-0.1, -0.05) is 6.92 Å². The van der Waals surface area contributed by atoms with Crippen molar-refractivity contribution in [2.24, 2.45) is 5.10 Å². The summed E-state index contributed by atoms with van der Waals surface area (Å²) in [5, 5.41) is 7.06. The van der Waals surface area contributed by atoms with Crippen LogP contribution in [0, 0.1) is 0 Å². The number of nitrogens with one attached hydrogen (secondary N) is 1. The van der Waals surface area contributed by atoms with E-state index in [-0.39, 0.29) is 0 Å². The Morgan fingerprint density at radius 3 is 2.74 bits per heavy atom. The molecule has 0 saturated carbocycles. The maximum absolute atomic E-state index is 5.14. The number of aromatic nitrogens is 1. The van der Waals surface area contributed by atoms with Gasteiger partial charge < -0.3 is 4.74 Å². The molecule has 0 amide bonds. The molecule has 1 heterocycles. The topological polar surface area (TPSA) is 46.5 Å². The quantitative estimate of drug-likeness (QED) is 0.662. The fraction of sp³-hybridized carbons (Fsp3) is 0.286. The van der Waals surface area contributed by atoms with E-state index in [0.717, 1.165) is 34.3 Å². The molecule has 4 nitrogen and oxygen atoms in total. The summed E-state index contributed by atoms with van der Waals surface area (Å²) >= 11 is 1.55. The summed E-state index contributed by atoms with van der Waals surface area (Å²) in [7, 11) is 1.66. The third-order valence-electron chi connectivity index (χ3n) is 2.74. The first-order valence-corrected chi connectivity index (χ1v) is 7.00. The third kappa shape index (κ3) is 3.54. The molecule has 0 fully saturated rings. The molecule has 0 aliphatic heterocycles. The Bertz CT molecular complexity index is 560. The fourth-order valence-corrected chi connectivity index (χ4v) is 2.10. The lowest BCUT2D eigenvalue weighted by atomic mass is 10.2. The molecular formula is C14H17N3OS. The predicted octanol–water partition coefficient (Wildman–Crippen LogP) is 4.02. The smallest absolute Gasteiger partial charge is 0.203 e. The molecule has 0 unspecified atom stereocenters. The molecule has 5 heteroatoms. The molecule has 0 spiro atoms. The second-order valence-corrected chi connectivity index (χ2v) is 4.94. The molecule has 1 aromatic heterocycles. The lowest BCUT2D eigenvalue weighted by Gasteiger charge is -2.00. The minimum absolute atomic E-state index is 0.804. The van der Waals surface area contributed by atoms with Crippen molar-refractivity contribution in [1.82, 2.24) is 4.98 Å². The average Bonchev–Trinajstić information content (AvgIpc) is 2.93. The maximum atomic E-state index is 5.14. The van der Waals surface area contributed by atoms with E-state index in [0.29, 0.717) is 0 Å². The second-order valence-electron chi connectivity index (χ2n) is 4.08. The summed E-state index contributed by atoms with van der Waals surface area (Å²) in [5.41, 5.74) is 6.05. The number of hydrogen-bond acceptors (Lipinski definition) is 5. The van der Waals surface area contributed by atoms with E-state index in [4.69, 9.17) is 4.74 Å². The van der Waals surface area contributed by atoms with Crippen molar-refractivity contribution in [1.29, 1.82) is 0 Å². The van der Waals surface area contributed by atoms with Gasteiger partial charge in [0.2, 0.25) is 5.13 Å². The Labute approximate surface area is 117 Å². The summed E-state index contributed by atoms with van der Waals surface area (Å²) in [6.45, 7) is 4.07. The number of thiazole rings is 1. The van der Waals surface area contributed by atoms with E-state index in [1.807, 2.05) is 36.6 Å². The number of benzene rings is 1. The van der Waals surface area contributed by atoms with Crippen LogP contribution in [0.5, 0.6) is 5.75 Å². The van der Waals surface area contributed by atoms with Gasteiger partial charge in [0.1, 0.15) is 5.75 Å². The third-order valence-corrected chi connectivity index (χ3v) is 3.49. The van der Waals surface area contributed by atoms with Gasteiger partial charge in [-0.05, 0) is 37.6 Å². The summed E-state index contributed by atoms with van der Waals surface area (Å²) in [4.78, 5) is 4.50. The summed E-state index contributed by atoms with van der Waals surface area (Å²) in [6, 6.07) is 7.86. The van der Waals surface area contributed by atoms with Gasteiger partial charge in [0.15, 0.2) is 0 Å².